The Balaban J connectivity index is 1.90. The summed E-state index contributed by atoms with van der Waals surface area (Å²) in [5.41, 5.74) is 0. The summed E-state index contributed by atoms with van der Waals surface area (Å²) in [6.07, 6.45) is 2.49. The van der Waals surface area contributed by atoms with Gasteiger partial charge in [-0.3, -0.25) is 4.79 Å². The Bertz CT molecular complexity index is 607. The monoisotopic (exact) mass is 331 g/mol. The van der Waals surface area contributed by atoms with Gasteiger partial charge in [-0.15, -0.1) is 0 Å². The van der Waals surface area contributed by atoms with Crippen LogP contribution in [0.15, 0.2) is 10.6 Å². The number of hydrogen-bond acceptors (Lipinski definition) is 6. The maximum absolute atomic E-state index is 12.0. The van der Waals surface area contributed by atoms with E-state index in [1.807, 2.05) is 0 Å². The molecule has 1 N–H and O–H groups in total. The summed E-state index contributed by atoms with van der Waals surface area (Å²) < 4.78 is 34.9. The second kappa shape index (κ2) is 7.10. The van der Waals surface area contributed by atoms with Crippen LogP contribution in [0, 0.1) is 12.8 Å². The largest absolute Gasteiger partial charge is 0.381 e. The summed E-state index contributed by atoms with van der Waals surface area (Å²) in [6.45, 7) is 3.19. The van der Waals surface area contributed by atoms with E-state index in [1.54, 1.807) is 13.0 Å². The first-order chi connectivity index (χ1) is 10.4. The van der Waals surface area contributed by atoms with Crippen molar-refractivity contribution in [2.24, 2.45) is 5.92 Å². The topological polar surface area (TPSA) is 102 Å². The number of carbonyl (C=O) groups is 1. The Labute approximate surface area is 129 Å². The van der Waals surface area contributed by atoms with Gasteiger partial charge in [-0.25, -0.2) is 12.7 Å². The van der Waals surface area contributed by atoms with Crippen LogP contribution in [0.5, 0.6) is 0 Å². The minimum absolute atomic E-state index is 0.0604. The van der Waals surface area contributed by atoms with Gasteiger partial charge in [0.2, 0.25) is 15.9 Å². The van der Waals surface area contributed by atoms with E-state index in [2.05, 4.69) is 10.5 Å². The Morgan fingerprint density at radius 1 is 1.45 bits per heavy atom. The first kappa shape index (κ1) is 16.8. The van der Waals surface area contributed by atoms with Crippen LogP contribution >= 0.6 is 0 Å². The number of rotatable bonds is 6. The highest BCUT2D eigenvalue weighted by atomic mass is 32.2. The van der Waals surface area contributed by atoms with Gasteiger partial charge in [-0.05, 0) is 19.8 Å². The highest BCUT2D eigenvalue weighted by molar-refractivity contribution is 7.92. The predicted octanol–water partition coefficient (Wildman–Crippen LogP) is 0.292. The zero-order valence-corrected chi connectivity index (χ0v) is 13.6. The third kappa shape index (κ3) is 4.44. The zero-order chi connectivity index (χ0) is 16.2. The van der Waals surface area contributed by atoms with Gasteiger partial charge in [-0.1, -0.05) is 5.16 Å². The highest BCUT2D eigenvalue weighted by Crippen LogP contribution is 2.17. The average Bonchev–Trinajstić information content (AvgIpc) is 2.89. The van der Waals surface area contributed by atoms with Crippen molar-refractivity contribution >= 4 is 21.7 Å². The molecule has 0 radical (unpaired) electrons. The minimum atomic E-state index is -3.49. The summed E-state index contributed by atoms with van der Waals surface area (Å²) in [5.74, 6) is 0.623. The van der Waals surface area contributed by atoms with Crippen molar-refractivity contribution in [1.29, 1.82) is 0 Å². The smallest absolute Gasteiger partial charge is 0.233 e. The van der Waals surface area contributed by atoms with Gasteiger partial charge in [0.1, 0.15) is 5.76 Å². The van der Waals surface area contributed by atoms with Crippen molar-refractivity contribution in [3.05, 3.63) is 11.8 Å². The van der Waals surface area contributed by atoms with Crippen molar-refractivity contribution in [3.8, 4) is 0 Å². The number of aryl methyl sites for hydroxylation is 1. The van der Waals surface area contributed by atoms with E-state index in [1.165, 1.54) is 0 Å². The van der Waals surface area contributed by atoms with Gasteiger partial charge in [0.25, 0.3) is 0 Å². The van der Waals surface area contributed by atoms with E-state index in [4.69, 9.17) is 9.26 Å². The molecule has 9 heteroatoms. The third-order valence-corrected chi connectivity index (χ3v) is 4.65. The number of anilines is 1. The lowest BCUT2D eigenvalue weighted by atomic mass is 9.99. The molecule has 0 aromatic carbocycles. The molecular formula is C13H21N3O5S. The molecular weight excluding hydrogens is 310 g/mol. The number of carbonyl (C=O) groups excluding carboxylic acids is 1. The van der Waals surface area contributed by atoms with E-state index in [0.29, 0.717) is 31.8 Å². The lowest BCUT2D eigenvalue weighted by Crippen LogP contribution is -2.41. The SMILES string of the molecule is Cc1cc(N(CCNC(=O)C2CCOCC2)S(C)(=O)=O)no1. The van der Waals surface area contributed by atoms with Crippen molar-refractivity contribution in [3.63, 3.8) is 0 Å². The van der Waals surface area contributed by atoms with Gasteiger partial charge in [0.05, 0.1) is 12.8 Å². The quantitative estimate of drug-likeness (QED) is 0.804. The molecule has 1 aliphatic rings. The van der Waals surface area contributed by atoms with Crippen LogP contribution in [0.2, 0.25) is 0 Å². The molecule has 2 heterocycles. The van der Waals surface area contributed by atoms with Crippen LogP contribution in [0.3, 0.4) is 0 Å². The van der Waals surface area contributed by atoms with E-state index >= 15 is 0 Å². The molecule has 124 valence electrons. The normalized spacial score (nSPS) is 16.5. The third-order valence-electron chi connectivity index (χ3n) is 3.48. The van der Waals surface area contributed by atoms with Gasteiger partial charge >= 0.3 is 0 Å². The van der Waals surface area contributed by atoms with Crippen LogP contribution in [-0.4, -0.2) is 52.0 Å². The molecule has 1 saturated heterocycles. The summed E-state index contributed by atoms with van der Waals surface area (Å²) in [7, 11) is -3.49. The van der Waals surface area contributed by atoms with Crippen LogP contribution in [-0.2, 0) is 19.6 Å². The van der Waals surface area contributed by atoms with E-state index in [-0.39, 0.29) is 30.7 Å². The number of aromatic nitrogens is 1. The Morgan fingerprint density at radius 3 is 2.68 bits per heavy atom. The fourth-order valence-corrected chi connectivity index (χ4v) is 3.15. The van der Waals surface area contributed by atoms with Gasteiger partial charge in [-0.2, -0.15) is 0 Å². The number of sulfonamides is 1. The van der Waals surface area contributed by atoms with Crippen molar-refractivity contribution in [2.75, 3.05) is 36.9 Å². The Kier molecular flexibility index (Phi) is 5.41. The molecule has 1 aromatic rings. The second-order valence-corrected chi connectivity index (χ2v) is 7.22. The molecule has 0 bridgehead atoms. The van der Waals surface area contributed by atoms with Crippen molar-refractivity contribution < 1.29 is 22.5 Å². The summed E-state index contributed by atoms with van der Waals surface area (Å²) in [6, 6.07) is 1.54. The highest BCUT2D eigenvalue weighted by Gasteiger charge is 2.23. The zero-order valence-electron chi connectivity index (χ0n) is 12.7. The summed E-state index contributed by atoms with van der Waals surface area (Å²) in [5, 5.41) is 6.49. The number of nitrogens with one attached hydrogen (secondary N) is 1. The fourth-order valence-electron chi connectivity index (χ4n) is 2.31. The Hall–Kier alpha value is -1.61. The summed E-state index contributed by atoms with van der Waals surface area (Å²) in [4.78, 5) is 12.0. The van der Waals surface area contributed by atoms with E-state index in [9.17, 15) is 13.2 Å². The van der Waals surface area contributed by atoms with Crippen LogP contribution < -0.4 is 9.62 Å². The maximum Gasteiger partial charge on any atom is 0.233 e. The standard InChI is InChI=1S/C13H21N3O5S/c1-10-9-12(15-21-10)16(22(2,18)19)6-5-14-13(17)11-3-7-20-8-4-11/h9,11H,3-8H2,1-2H3,(H,14,17). The molecule has 1 fully saturated rings. The number of hydrogen-bond donors (Lipinski definition) is 1. The second-order valence-electron chi connectivity index (χ2n) is 5.31. The molecule has 1 amide bonds. The number of amides is 1. The minimum Gasteiger partial charge on any atom is -0.381 e. The maximum atomic E-state index is 12.0. The van der Waals surface area contributed by atoms with Gasteiger partial charge < -0.3 is 14.6 Å². The Morgan fingerprint density at radius 2 is 2.14 bits per heavy atom. The first-order valence-corrected chi connectivity index (χ1v) is 8.99. The molecule has 8 nitrogen and oxygen atoms in total. The molecule has 0 aliphatic carbocycles. The number of nitrogens with zero attached hydrogens (tertiary/aromatic N) is 2. The van der Waals surface area contributed by atoms with Crippen LogP contribution in [0.1, 0.15) is 18.6 Å². The molecule has 0 spiro atoms. The lowest BCUT2D eigenvalue weighted by Gasteiger charge is -2.23. The first-order valence-electron chi connectivity index (χ1n) is 7.14. The number of ether oxygens (including phenoxy) is 1. The molecule has 0 unspecified atom stereocenters. The predicted molar refractivity (Wildman–Crippen MR) is 80.0 cm³/mol. The van der Waals surface area contributed by atoms with Crippen LogP contribution in [0.4, 0.5) is 5.82 Å². The van der Waals surface area contributed by atoms with Gasteiger partial charge in [0.15, 0.2) is 5.82 Å². The van der Waals surface area contributed by atoms with E-state index < -0.39 is 10.0 Å². The van der Waals surface area contributed by atoms with Crippen molar-refractivity contribution in [2.45, 2.75) is 19.8 Å². The lowest BCUT2D eigenvalue weighted by molar-refractivity contribution is -0.127. The molecule has 1 aromatic heterocycles. The average molecular weight is 331 g/mol. The molecule has 0 atom stereocenters. The van der Waals surface area contributed by atoms with Crippen molar-refractivity contribution in [1.82, 2.24) is 10.5 Å². The summed E-state index contributed by atoms with van der Waals surface area (Å²) >= 11 is 0. The fraction of sp³-hybridized carbons (Fsp3) is 0.692. The molecule has 0 saturated carbocycles. The van der Waals surface area contributed by atoms with Gasteiger partial charge in [0, 0.05) is 31.7 Å². The molecule has 1 aliphatic heterocycles. The van der Waals surface area contributed by atoms with E-state index in [0.717, 1.165) is 10.6 Å². The molecule has 22 heavy (non-hydrogen) atoms. The molecule has 2 rings (SSSR count). The van der Waals surface area contributed by atoms with Crippen LogP contribution in [0.25, 0.3) is 0 Å².